The van der Waals surface area contributed by atoms with Gasteiger partial charge >= 0.3 is 6.18 Å². The number of aromatic nitrogens is 1. The Kier molecular flexibility index (Phi) is 4.18. The van der Waals surface area contributed by atoms with Gasteiger partial charge in [-0.2, -0.15) is 13.2 Å². The fourth-order valence-corrected chi connectivity index (χ4v) is 1.92. The summed E-state index contributed by atoms with van der Waals surface area (Å²) in [5.41, 5.74) is -1.05. The average Bonchev–Trinajstić information content (AvgIpc) is 2.47. The third kappa shape index (κ3) is 3.51. The molecule has 0 aliphatic heterocycles. The van der Waals surface area contributed by atoms with Crippen molar-refractivity contribution in [3.63, 3.8) is 0 Å². The van der Waals surface area contributed by atoms with Crippen LogP contribution in [0.5, 0.6) is 0 Å². The van der Waals surface area contributed by atoms with Gasteiger partial charge in [-0.15, -0.1) is 0 Å². The summed E-state index contributed by atoms with van der Waals surface area (Å²) >= 11 is 6.17. The molecule has 0 aliphatic carbocycles. The Morgan fingerprint density at radius 1 is 1.53 bits per heavy atom. The topological polar surface area (TPSA) is 34.1 Å². The monoisotopic (exact) mass is 260 g/mol. The Hall–Kier alpha value is -0.530. The number of methoxy groups -OCH3 is 1. The maximum absolute atomic E-state index is 12.3. The van der Waals surface area contributed by atoms with Crippen LogP contribution in [0.2, 0.25) is 4.34 Å². The van der Waals surface area contributed by atoms with Gasteiger partial charge in [0.2, 0.25) is 0 Å². The summed E-state index contributed by atoms with van der Waals surface area (Å²) in [4.78, 5) is 3.35. The summed E-state index contributed by atoms with van der Waals surface area (Å²) in [5.74, 6) is 0. The second kappa shape index (κ2) is 5.00. The Labute approximate surface area is 93.2 Å². The van der Waals surface area contributed by atoms with E-state index in [4.69, 9.17) is 16.3 Å². The van der Waals surface area contributed by atoms with Crippen LogP contribution < -0.4 is 5.32 Å². The normalized spacial score (nSPS) is 11.8. The molecule has 1 aromatic rings. The van der Waals surface area contributed by atoms with Crippen LogP contribution in [0.1, 0.15) is 5.69 Å². The van der Waals surface area contributed by atoms with Gasteiger partial charge in [0.05, 0.1) is 6.61 Å². The molecule has 0 saturated carbocycles. The smallest absolute Gasteiger partial charge is 0.383 e. The highest BCUT2D eigenvalue weighted by atomic mass is 35.5. The van der Waals surface area contributed by atoms with Crippen molar-refractivity contribution in [2.75, 3.05) is 25.6 Å². The first kappa shape index (κ1) is 12.5. The molecule has 0 fully saturated rings. The van der Waals surface area contributed by atoms with Crippen LogP contribution >= 0.6 is 22.9 Å². The van der Waals surface area contributed by atoms with Crippen molar-refractivity contribution in [3.05, 3.63) is 10.0 Å². The minimum Gasteiger partial charge on any atom is -0.383 e. The minimum atomic E-state index is -4.51. The minimum absolute atomic E-state index is 0.143. The van der Waals surface area contributed by atoms with E-state index in [0.29, 0.717) is 13.2 Å². The van der Waals surface area contributed by atoms with Gasteiger partial charge in [-0.3, -0.25) is 0 Å². The summed E-state index contributed by atoms with van der Waals surface area (Å²) in [5, 5.41) is 2.82. The van der Waals surface area contributed by atoms with Gasteiger partial charge in [-0.05, 0) is 0 Å². The Morgan fingerprint density at radius 3 is 2.67 bits per heavy atom. The van der Waals surface area contributed by atoms with Crippen LogP contribution in [-0.4, -0.2) is 25.2 Å². The van der Waals surface area contributed by atoms with Gasteiger partial charge in [-0.1, -0.05) is 22.9 Å². The Balaban J connectivity index is 2.69. The van der Waals surface area contributed by atoms with Crippen LogP contribution in [0, 0.1) is 0 Å². The molecule has 0 aromatic carbocycles. The number of nitrogens with one attached hydrogen (secondary N) is 1. The molecule has 0 bridgehead atoms. The van der Waals surface area contributed by atoms with E-state index in [1.165, 1.54) is 7.11 Å². The van der Waals surface area contributed by atoms with Crippen LogP contribution in [-0.2, 0) is 10.9 Å². The summed E-state index contributed by atoms with van der Waals surface area (Å²) < 4.78 is 41.1. The molecule has 15 heavy (non-hydrogen) atoms. The molecule has 0 radical (unpaired) electrons. The lowest BCUT2D eigenvalue weighted by Gasteiger charge is -2.02. The van der Waals surface area contributed by atoms with E-state index >= 15 is 0 Å². The third-order valence-electron chi connectivity index (χ3n) is 1.44. The van der Waals surface area contributed by atoms with E-state index in [2.05, 4.69) is 10.3 Å². The quantitative estimate of drug-likeness (QED) is 0.846. The van der Waals surface area contributed by atoms with Crippen molar-refractivity contribution >= 4 is 28.1 Å². The number of ether oxygens (including phenoxy) is 1. The van der Waals surface area contributed by atoms with E-state index in [-0.39, 0.29) is 9.47 Å². The number of halogens is 4. The van der Waals surface area contributed by atoms with E-state index in [9.17, 15) is 13.2 Å². The van der Waals surface area contributed by atoms with Gasteiger partial charge in [-0.25, -0.2) is 4.98 Å². The standard InChI is InChI=1S/C7H8ClF3N2OS/c1-14-3-2-12-6-13-4(5(8)15-6)7(9,10)11/h2-3H2,1H3,(H,12,13). The highest BCUT2D eigenvalue weighted by Gasteiger charge is 2.37. The van der Waals surface area contributed by atoms with E-state index < -0.39 is 11.9 Å². The third-order valence-corrected chi connectivity index (χ3v) is 2.65. The summed E-state index contributed by atoms with van der Waals surface area (Å²) in [7, 11) is 1.50. The molecule has 1 N–H and O–H groups in total. The molecule has 8 heteroatoms. The lowest BCUT2D eigenvalue weighted by molar-refractivity contribution is -0.140. The number of thiazole rings is 1. The molecule has 0 aliphatic rings. The number of nitrogens with zero attached hydrogens (tertiary/aromatic N) is 1. The number of hydrogen-bond acceptors (Lipinski definition) is 4. The zero-order chi connectivity index (χ0) is 11.5. The average molecular weight is 261 g/mol. The van der Waals surface area contributed by atoms with E-state index in [0.717, 1.165) is 11.3 Å². The number of rotatable bonds is 4. The number of anilines is 1. The van der Waals surface area contributed by atoms with Gasteiger partial charge in [0.1, 0.15) is 4.34 Å². The maximum atomic E-state index is 12.3. The summed E-state index contributed by atoms with van der Waals surface area (Å²) in [6.07, 6.45) is -4.51. The molecule has 0 amide bonds. The molecular weight excluding hydrogens is 253 g/mol. The first-order chi connectivity index (χ1) is 6.95. The van der Waals surface area contributed by atoms with Crippen molar-refractivity contribution < 1.29 is 17.9 Å². The fourth-order valence-electron chi connectivity index (χ4n) is 0.812. The van der Waals surface area contributed by atoms with Crippen LogP contribution in [0.15, 0.2) is 0 Å². The molecule has 1 aromatic heterocycles. The van der Waals surface area contributed by atoms with Crippen LogP contribution in [0.3, 0.4) is 0 Å². The SMILES string of the molecule is COCCNc1nc(C(F)(F)F)c(Cl)s1. The highest BCUT2D eigenvalue weighted by molar-refractivity contribution is 7.19. The van der Waals surface area contributed by atoms with Gasteiger partial charge in [0, 0.05) is 13.7 Å². The van der Waals surface area contributed by atoms with Crippen molar-refractivity contribution in [3.8, 4) is 0 Å². The molecule has 1 rings (SSSR count). The predicted octanol–water partition coefficient (Wildman–Crippen LogP) is 2.87. The maximum Gasteiger partial charge on any atom is 0.435 e. The second-order valence-electron chi connectivity index (χ2n) is 2.56. The van der Waals surface area contributed by atoms with Crippen LogP contribution in [0.25, 0.3) is 0 Å². The number of hydrogen-bond donors (Lipinski definition) is 1. The first-order valence-electron chi connectivity index (χ1n) is 3.91. The molecule has 0 atom stereocenters. The predicted molar refractivity (Wildman–Crippen MR) is 52.5 cm³/mol. The fraction of sp³-hybridized carbons (Fsp3) is 0.571. The van der Waals surface area contributed by atoms with Crippen molar-refractivity contribution in [1.29, 1.82) is 0 Å². The molecule has 0 saturated heterocycles. The molecular formula is C7H8ClF3N2OS. The molecule has 1 heterocycles. The van der Waals surface area contributed by atoms with Gasteiger partial charge in [0.15, 0.2) is 10.8 Å². The van der Waals surface area contributed by atoms with Gasteiger partial charge < -0.3 is 10.1 Å². The van der Waals surface area contributed by atoms with E-state index in [1.807, 2.05) is 0 Å². The number of alkyl halides is 3. The van der Waals surface area contributed by atoms with E-state index in [1.54, 1.807) is 0 Å². The van der Waals surface area contributed by atoms with Crippen molar-refractivity contribution in [2.45, 2.75) is 6.18 Å². The Bertz CT molecular complexity index is 329. The lowest BCUT2D eigenvalue weighted by atomic mass is 10.5. The lowest BCUT2D eigenvalue weighted by Crippen LogP contribution is -2.09. The first-order valence-corrected chi connectivity index (χ1v) is 5.11. The Morgan fingerprint density at radius 2 is 2.20 bits per heavy atom. The van der Waals surface area contributed by atoms with Crippen molar-refractivity contribution in [2.24, 2.45) is 0 Å². The molecule has 86 valence electrons. The molecule has 3 nitrogen and oxygen atoms in total. The highest BCUT2D eigenvalue weighted by Crippen LogP contribution is 2.38. The second-order valence-corrected chi connectivity index (χ2v) is 4.16. The molecule has 0 unspecified atom stereocenters. The summed E-state index contributed by atoms with van der Waals surface area (Å²) in [6.45, 7) is 0.774. The largest absolute Gasteiger partial charge is 0.435 e. The van der Waals surface area contributed by atoms with Crippen LogP contribution in [0.4, 0.5) is 18.3 Å². The zero-order valence-electron chi connectivity index (χ0n) is 7.69. The zero-order valence-corrected chi connectivity index (χ0v) is 9.26. The van der Waals surface area contributed by atoms with Crippen molar-refractivity contribution in [1.82, 2.24) is 4.98 Å². The molecule has 0 spiro atoms. The van der Waals surface area contributed by atoms with Gasteiger partial charge in [0.25, 0.3) is 0 Å². The summed E-state index contributed by atoms with van der Waals surface area (Å²) in [6, 6.07) is 0.